The van der Waals surface area contributed by atoms with Gasteiger partial charge in [0.1, 0.15) is 0 Å². The van der Waals surface area contributed by atoms with Crippen LogP contribution in [0.4, 0.5) is 5.82 Å². The highest BCUT2D eigenvalue weighted by Gasteiger charge is 2.36. The number of nitrogens with one attached hydrogen (secondary N) is 1. The number of hydrogen-bond donors (Lipinski definition) is 1. The predicted octanol–water partition coefficient (Wildman–Crippen LogP) is 2.74. The summed E-state index contributed by atoms with van der Waals surface area (Å²) in [7, 11) is 0. The van der Waals surface area contributed by atoms with Crippen LogP contribution < -0.4 is 10.2 Å². The van der Waals surface area contributed by atoms with Gasteiger partial charge in [-0.25, -0.2) is 0 Å². The summed E-state index contributed by atoms with van der Waals surface area (Å²) < 4.78 is 0. The van der Waals surface area contributed by atoms with Crippen LogP contribution in [0.5, 0.6) is 0 Å². The topological polar surface area (TPSA) is 41.1 Å². The van der Waals surface area contributed by atoms with Crippen molar-refractivity contribution in [1.82, 2.24) is 15.5 Å². The molecular formula is C17H22N4. The van der Waals surface area contributed by atoms with Gasteiger partial charge in [0.2, 0.25) is 0 Å². The summed E-state index contributed by atoms with van der Waals surface area (Å²) in [6.45, 7) is 3.22. The third kappa shape index (κ3) is 2.27. The third-order valence-corrected chi connectivity index (χ3v) is 5.05. The van der Waals surface area contributed by atoms with Crippen LogP contribution in [0.15, 0.2) is 30.5 Å². The number of nitrogens with zero attached hydrogens (tertiary/aromatic N) is 3. The molecule has 0 spiro atoms. The molecule has 1 N–H and O–H groups in total. The van der Waals surface area contributed by atoms with Gasteiger partial charge >= 0.3 is 0 Å². The molecule has 2 aromatic rings. The molecule has 21 heavy (non-hydrogen) atoms. The summed E-state index contributed by atoms with van der Waals surface area (Å²) in [5.41, 5.74) is 0. The Labute approximate surface area is 125 Å². The maximum absolute atomic E-state index is 4.48. The molecular weight excluding hydrogens is 260 g/mol. The van der Waals surface area contributed by atoms with Crippen LogP contribution in [0.3, 0.4) is 0 Å². The zero-order chi connectivity index (χ0) is 14.2. The summed E-state index contributed by atoms with van der Waals surface area (Å²) >= 11 is 0. The Kier molecular flexibility index (Phi) is 3.26. The van der Waals surface area contributed by atoms with E-state index in [-0.39, 0.29) is 0 Å². The molecule has 2 atom stereocenters. The Balaban J connectivity index is 1.71. The van der Waals surface area contributed by atoms with Crippen molar-refractivity contribution < 1.29 is 0 Å². The van der Waals surface area contributed by atoms with Gasteiger partial charge in [0.15, 0.2) is 5.82 Å². The van der Waals surface area contributed by atoms with Gasteiger partial charge in [0.05, 0.1) is 6.20 Å². The van der Waals surface area contributed by atoms with Crippen molar-refractivity contribution >= 4 is 16.6 Å². The molecule has 2 fully saturated rings. The van der Waals surface area contributed by atoms with E-state index in [1.54, 1.807) is 0 Å². The lowest BCUT2D eigenvalue weighted by atomic mass is 9.97. The molecule has 1 aromatic heterocycles. The average Bonchev–Trinajstić information content (AvgIpc) is 2.87. The van der Waals surface area contributed by atoms with E-state index in [0.29, 0.717) is 18.1 Å². The fourth-order valence-electron chi connectivity index (χ4n) is 4.09. The number of benzene rings is 1. The highest BCUT2D eigenvalue weighted by Crippen LogP contribution is 2.33. The van der Waals surface area contributed by atoms with E-state index in [0.717, 1.165) is 12.4 Å². The number of aromatic nitrogens is 2. The summed E-state index contributed by atoms with van der Waals surface area (Å²) in [6, 6.07) is 10.4. The van der Waals surface area contributed by atoms with Crippen molar-refractivity contribution in [2.24, 2.45) is 0 Å². The minimum atomic E-state index is 0.592. The van der Waals surface area contributed by atoms with Gasteiger partial charge in [-0.05, 0) is 32.6 Å². The van der Waals surface area contributed by atoms with Gasteiger partial charge in [0, 0.05) is 35.4 Å². The molecule has 2 bridgehead atoms. The second-order valence-corrected chi connectivity index (χ2v) is 6.30. The minimum absolute atomic E-state index is 0.592. The van der Waals surface area contributed by atoms with Crippen LogP contribution in [0.25, 0.3) is 10.8 Å². The fourth-order valence-corrected chi connectivity index (χ4v) is 4.09. The van der Waals surface area contributed by atoms with Gasteiger partial charge in [-0.2, -0.15) is 5.10 Å². The van der Waals surface area contributed by atoms with Crippen molar-refractivity contribution in [2.75, 3.05) is 11.4 Å². The normalized spacial score (nSPS) is 28.0. The highest BCUT2D eigenvalue weighted by molar-refractivity contribution is 5.91. The first kappa shape index (κ1) is 13.0. The number of anilines is 1. The lowest BCUT2D eigenvalue weighted by Crippen LogP contribution is -2.48. The average molecular weight is 282 g/mol. The largest absolute Gasteiger partial charge is 0.352 e. The summed E-state index contributed by atoms with van der Waals surface area (Å²) in [5.74, 6) is 1.06. The molecule has 2 saturated heterocycles. The maximum Gasteiger partial charge on any atom is 0.159 e. The van der Waals surface area contributed by atoms with Gasteiger partial charge in [-0.15, -0.1) is 5.10 Å². The van der Waals surface area contributed by atoms with Crippen molar-refractivity contribution in [3.8, 4) is 0 Å². The zero-order valence-corrected chi connectivity index (χ0v) is 12.5. The van der Waals surface area contributed by atoms with E-state index in [4.69, 9.17) is 0 Å². The molecule has 4 heteroatoms. The van der Waals surface area contributed by atoms with Crippen LogP contribution in [0.2, 0.25) is 0 Å². The monoisotopic (exact) mass is 282 g/mol. The van der Waals surface area contributed by atoms with Crippen LogP contribution >= 0.6 is 0 Å². The van der Waals surface area contributed by atoms with Crippen molar-refractivity contribution in [2.45, 2.75) is 50.7 Å². The third-order valence-electron chi connectivity index (χ3n) is 5.05. The van der Waals surface area contributed by atoms with E-state index >= 15 is 0 Å². The van der Waals surface area contributed by atoms with E-state index in [9.17, 15) is 0 Å². The van der Waals surface area contributed by atoms with Gasteiger partial charge in [-0.1, -0.05) is 24.3 Å². The first-order valence-electron chi connectivity index (χ1n) is 8.08. The predicted molar refractivity (Wildman–Crippen MR) is 85.5 cm³/mol. The molecule has 2 aliphatic heterocycles. The molecule has 0 saturated carbocycles. The quantitative estimate of drug-likeness (QED) is 0.940. The molecule has 2 unspecified atom stereocenters. The van der Waals surface area contributed by atoms with Gasteiger partial charge < -0.3 is 10.2 Å². The first-order valence-corrected chi connectivity index (χ1v) is 8.08. The second kappa shape index (κ2) is 5.26. The number of rotatable bonds is 3. The van der Waals surface area contributed by atoms with Crippen LogP contribution in [0.1, 0.15) is 32.6 Å². The highest BCUT2D eigenvalue weighted by atomic mass is 15.3. The van der Waals surface area contributed by atoms with Gasteiger partial charge in [0.25, 0.3) is 0 Å². The Morgan fingerprint density at radius 3 is 2.71 bits per heavy atom. The van der Waals surface area contributed by atoms with Crippen LogP contribution in [-0.2, 0) is 0 Å². The summed E-state index contributed by atoms with van der Waals surface area (Å²) in [6.07, 6.45) is 6.99. The Bertz CT molecular complexity index is 624. The molecule has 0 aliphatic carbocycles. The number of piperidine rings is 1. The zero-order valence-electron chi connectivity index (χ0n) is 12.5. The molecule has 4 nitrogen and oxygen atoms in total. The summed E-state index contributed by atoms with van der Waals surface area (Å²) in [4.78, 5) is 2.47. The molecule has 0 radical (unpaired) electrons. The van der Waals surface area contributed by atoms with Crippen molar-refractivity contribution in [3.05, 3.63) is 30.5 Å². The van der Waals surface area contributed by atoms with E-state index < -0.39 is 0 Å². The second-order valence-electron chi connectivity index (χ2n) is 6.30. The molecule has 2 aliphatic rings. The van der Waals surface area contributed by atoms with E-state index in [1.165, 1.54) is 36.5 Å². The van der Waals surface area contributed by atoms with E-state index in [2.05, 4.69) is 51.6 Å². The fraction of sp³-hybridized carbons (Fsp3) is 0.529. The Morgan fingerprint density at radius 1 is 1.19 bits per heavy atom. The molecule has 4 rings (SSSR count). The molecule has 0 amide bonds. The van der Waals surface area contributed by atoms with Crippen molar-refractivity contribution in [1.29, 1.82) is 0 Å². The van der Waals surface area contributed by atoms with Crippen molar-refractivity contribution in [3.63, 3.8) is 0 Å². The van der Waals surface area contributed by atoms with E-state index in [1.807, 2.05) is 6.20 Å². The Hall–Kier alpha value is -1.68. The number of hydrogen-bond acceptors (Lipinski definition) is 4. The lowest BCUT2D eigenvalue weighted by molar-refractivity contribution is 0.348. The van der Waals surface area contributed by atoms with Crippen LogP contribution in [0, 0.1) is 0 Å². The SMILES string of the molecule is CCN(c1nncc2ccccc12)C1CC2CCC(C1)N2. The Morgan fingerprint density at radius 2 is 1.95 bits per heavy atom. The van der Waals surface area contributed by atoms with Gasteiger partial charge in [-0.3, -0.25) is 0 Å². The minimum Gasteiger partial charge on any atom is -0.352 e. The summed E-state index contributed by atoms with van der Waals surface area (Å²) in [5, 5.41) is 14.8. The molecule has 1 aromatic carbocycles. The first-order chi connectivity index (χ1) is 10.3. The smallest absolute Gasteiger partial charge is 0.159 e. The van der Waals surface area contributed by atoms with Crippen LogP contribution in [-0.4, -0.2) is 34.9 Å². The molecule has 110 valence electrons. The molecule has 3 heterocycles. The lowest BCUT2D eigenvalue weighted by Gasteiger charge is -2.38. The maximum atomic E-state index is 4.48. The standard InChI is InChI=1S/C17H22N4/c1-2-21(15-9-13-7-8-14(10-15)19-13)17-16-6-4-3-5-12(16)11-18-20-17/h3-6,11,13-15,19H,2,7-10H2,1H3. The number of fused-ring (bicyclic) bond motifs is 3.